The molecule has 0 aromatic carbocycles. The first kappa shape index (κ1) is 15.0. The SMILES string of the molecule is Cc1cc(C(=O)N2CCN(CC(=O)N3CCCC3)CC2)no1. The standard InChI is InChI=1S/C15H22N4O3/c1-12-10-13(16-22-12)15(21)19-8-6-17(7-9-19)11-14(20)18-4-2-3-5-18/h10H,2-9,11H2,1H3. The van der Waals surface area contributed by atoms with Gasteiger partial charge in [0.05, 0.1) is 6.54 Å². The van der Waals surface area contributed by atoms with Gasteiger partial charge >= 0.3 is 0 Å². The second-order valence-electron chi connectivity index (χ2n) is 5.98. The van der Waals surface area contributed by atoms with Crippen LogP contribution in [0.1, 0.15) is 29.1 Å². The number of aromatic nitrogens is 1. The van der Waals surface area contributed by atoms with Gasteiger partial charge in [-0.05, 0) is 19.8 Å². The molecule has 0 atom stereocenters. The van der Waals surface area contributed by atoms with Crippen LogP contribution in [-0.2, 0) is 4.79 Å². The van der Waals surface area contributed by atoms with Gasteiger partial charge in [-0.3, -0.25) is 14.5 Å². The molecule has 3 rings (SSSR count). The molecule has 7 heteroatoms. The minimum atomic E-state index is -0.0950. The highest BCUT2D eigenvalue weighted by Gasteiger charge is 2.26. The van der Waals surface area contributed by atoms with Gasteiger partial charge in [-0.15, -0.1) is 0 Å². The summed E-state index contributed by atoms with van der Waals surface area (Å²) in [5.41, 5.74) is 0.360. The predicted octanol–water partition coefficient (Wildman–Crippen LogP) is 0.363. The van der Waals surface area contributed by atoms with Gasteiger partial charge in [0.2, 0.25) is 5.91 Å². The molecule has 0 bridgehead atoms. The van der Waals surface area contributed by atoms with Crippen LogP contribution in [0.5, 0.6) is 0 Å². The van der Waals surface area contributed by atoms with E-state index in [2.05, 4.69) is 10.1 Å². The van der Waals surface area contributed by atoms with Crippen molar-refractivity contribution in [2.75, 3.05) is 45.8 Å². The number of aryl methyl sites for hydroxylation is 1. The average molecular weight is 306 g/mol. The lowest BCUT2D eigenvalue weighted by Crippen LogP contribution is -2.51. The van der Waals surface area contributed by atoms with E-state index in [1.165, 1.54) is 0 Å². The summed E-state index contributed by atoms with van der Waals surface area (Å²) < 4.78 is 4.95. The van der Waals surface area contributed by atoms with Crippen LogP contribution in [-0.4, -0.2) is 77.5 Å². The molecule has 3 heterocycles. The molecule has 0 N–H and O–H groups in total. The quantitative estimate of drug-likeness (QED) is 0.806. The molecule has 0 unspecified atom stereocenters. The third kappa shape index (κ3) is 3.30. The summed E-state index contributed by atoms with van der Waals surface area (Å²) in [4.78, 5) is 30.2. The first-order chi connectivity index (χ1) is 10.6. The minimum absolute atomic E-state index is 0.0950. The molecular formula is C15H22N4O3. The summed E-state index contributed by atoms with van der Waals surface area (Å²) in [6.07, 6.45) is 2.23. The van der Waals surface area contributed by atoms with E-state index in [9.17, 15) is 9.59 Å². The van der Waals surface area contributed by atoms with Gasteiger partial charge < -0.3 is 14.3 Å². The van der Waals surface area contributed by atoms with Crippen LogP contribution < -0.4 is 0 Å². The summed E-state index contributed by atoms with van der Waals surface area (Å²) >= 11 is 0. The third-order valence-electron chi connectivity index (χ3n) is 4.32. The van der Waals surface area contributed by atoms with E-state index in [0.29, 0.717) is 31.1 Å². The number of hydrogen-bond donors (Lipinski definition) is 0. The molecule has 2 fully saturated rings. The minimum Gasteiger partial charge on any atom is -0.361 e. The van der Waals surface area contributed by atoms with E-state index < -0.39 is 0 Å². The lowest BCUT2D eigenvalue weighted by Gasteiger charge is -2.34. The van der Waals surface area contributed by atoms with E-state index in [0.717, 1.165) is 39.0 Å². The van der Waals surface area contributed by atoms with Crippen molar-refractivity contribution < 1.29 is 14.1 Å². The molecule has 22 heavy (non-hydrogen) atoms. The number of carbonyl (C=O) groups is 2. The number of rotatable bonds is 3. The zero-order valence-corrected chi connectivity index (χ0v) is 13.0. The van der Waals surface area contributed by atoms with E-state index >= 15 is 0 Å². The van der Waals surface area contributed by atoms with E-state index in [1.807, 2.05) is 4.90 Å². The van der Waals surface area contributed by atoms with Crippen LogP contribution in [0.15, 0.2) is 10.6 Å². The Balaban J connectivity index is 1.47. The Labute approximate surface area is 129 Å². The van der Waals surface area contributed by atoms with Crippen LogP contribution in [0.2, 0.25) is 0 Å². The molecule has 2 aliphatic heterocycles. The molecule has 0 aliphatic carbocycles. The van der Waals surface area contributed by atoms with Gasteiger partial charge in [0, 0.05) is 45.3 Å². The van der Waals surface area contributed by atoms with Crippen molar-refractivity contribution in [3.63, 3.8) is 0 Å². The Hall–Kier alpha value is -1.89. The highest BCUT2D eigenvalue weighted by atomic mass is 16.5. The van der Waals surface area contributed by atoms with Crippen molar-refractivity contribution in [1.29, 1.82) is 0 Å². The Kier molecular flexibility index (Phi) is 4.42. The second kappa shape index (κ2) is 6.48. The zero-order chi connectivity index (χ0) is 15.5. The van der Waals surface area contributed by atoms with Crippen LogP contribution in [0.25, 0.3) is 0 Å². The van der Waals surface area contributed by atoms with Crippen molar-refractivity contribution in [1.82, 2.24) is 19.9 Å². The first-order valence-corrected chi connectivity index (χ1v) is 7.86. The predicted molar refractivity (Wildman–Crippen MR) is 79.4 cm³/mol. The maximum atomic E-state index is 12.3. The fraction of sp³-hybridized carbons (Fsp3) is 0.667. The van der Waals surface area contributed by atoms with Gasteiger partial charge in [-0.25, -0.2) is 0 Å². The van der Waals surface area contributed by atoms with Crippen LogP contribution >= 0.6 is 0 Å². The van der Waals surface area contributed by atoms with Crippen LogP contribution in [0, 0.1) is 6.92 Å². The lowest BCUT2D eigenvalue weighted by atomic mass is 10.2. The fourth-order valence-electron chi connectivity index (χ4n) is 3.00. The molecule has 2 saturated heterocycles. The zero-order valence-electron chi connectivity index (χ0n) is 13.0. The van der Waals surface area contributed by atoms with Crippen molar-refractivity contribution in [2.24, 2.45) is 0 Å². The van der Waals surface area contributed by atoms with Crippen LogP contribution in [0.3, 0.4) is 0 Å². The summed E-state index contributed by atoms with van der Waals surface area (Å²) in [6.45, 7) is 6.71. The molecule has 0 radical (unpaired) electrons. The molecular weight excluding hydrogens is 284 g/mol. The highest BCUT2D eigenvalue weighted by Crippen LogP contribution is 2.11. The molecule has 1 aromatic heterocycles. The topological polar surface area (TPSA) is 69.9 Å². The van der Waals surface area contributed by atoms with Crippen molar-refractivity contribution >= 4 is 11.8 Å². The van der Waals surface area contributed by atoms with E-state index in [-0.39, 0.29) is 11.8 Å². The Morgan fingerprint density at radius 2 is 1.77 bits per heavy atom. The molecule has 7 nitrogen and oxygen atoms in total. The second-order valence-corrected chi connectivity index (χ2v) is 5.98. The normalized spacial score (nSPS) is 19.7. The summed E-state index contributed by atoms with van der Waals surface area (Å²) in [7, 11) is 0. The molecule has 120 valence electrons. The van der Waals surface area contributed by atoms with Crippen LogP contribution in [0.4, 0.5) is 0 Å². The first-order valence-electron chi connectivity index (χ1n) is 7.86. The molecule has 0 saturated carbocycles. The highest BCUT2D eigenvalue weighted by molar-refractivity contribution is 5.92. The fourth-order valence-corrected chi connectivity index (χ4v) is 3.00. The Morgan fingerprint density at radius 1 is 1.09 bits per heavy atom. The molecule has 0 spiro atoms. The number of carbonyl (C=O) groups excluding carboxylic acids is 2. The smallest absolute Gasteiger partial charge is 0.276 e. The van der Waals surface area contributed by atoms with Gasteiger partial charge in [-0.2, -0.15) is 0 Å². The van der Waals surface area contributed by atoms with Gasteiger partial charge in [0.25, 0.3) is 5.91 Å². The summed E-state index contributed by atoms with van der Waals surface area (Å²) in [6, 6.07) is 1.66. The van der Waals surface area contributed by atoms with Gasteiger partial charge in [-0.1, -0.05) is 5.16 Å². The molecule has 2 aliphatic rings. The average Bonchev–Trinajstić information content (AvgIpc) is 3.18. The Bertz CT molecular complexity index is 543. The molecule has 2 amide bonds. The van der Waals surface area contributed by atoms with Crippen molar-refractivity contribution in [3.8, 4) is 0 Å². The van der Waals surface area contributed by atoms with Crippen molar-refractivity contribution in [3.05, 3.63) is 17.5 Å². The van der Waals surface area contributed by atoms with E-state index in [4.69, 9.17) is 4.52 Å². The van der Waals surface area contributed by atoms with Gasteiger partial charge in [0.1, 0.15) is 5.76 Å². The third-order valence-corrected chi connectivity index (χ3v) is 4.32. The number of amides is 2. The number of hydrogen-bond acceptors (Lipinski definition) is 5. The maximum Gasteiger partial charge on any atom is 0.276 e. The number of nitrogens with zero attached hydrogens (tertiary/aromatic N) is 4. The summed E-state index contributed by atoms with van der Waals surface area (Å²) in [5, 5.41) is 3.77. The number of piperazine rings is 1. The largest absolute Gasteiger partial charge is 0.361 e. The van der Waals surface area contributed by atoms with Gasteiger partial charge in [0.15, 0.2) is 5.69 Å². The number of likely N-dealkylation sites (tertiary alicyclic amines) is 1. The van der Waals surface area contributed by atoms with Crippen molar-refractivity contribution in [2.45, 2.75) is 19.8 Å². The van der Waals surface area contributed by atoms with E-state index in [1.54, 1.807) is 17.9 Å². The monoisotopic (exact) mass is 306 g/mol. The summed E-state index contributed by atoms with van der Waals surface area (Å²) in [5.74, 6) is 0.755. The Morgan fingerprint density at radius 3 is 2.36 bits per heavy atom. The molecule has 1 aromatic rings. The lowest BCUT2D eigenvalue weighted by molar-refractivity contribution is -0.131. The maximum absolute atomic E-state index is 12.3.